The topological polar surface area (TPSA) is 40.0 Å². The SMILES string of the molecule is COC1=NO[C@H]2C=CO[C@@H]12. The van der Waals surface area contributed by atoms with Crippen molar-refractivity contribution in [2.45, 2.75) is 12.2 Å². The van der Waals surface area contributed by atoms with Crippen LogP contribution >= 0.6 is 0 Å². The Labute approximate surface area is 58.1 Å². The zero-order valence-electron chi connectivity index (χ0n) is 5.48. The molecule has 54 valence electrons. The Balaban J connectivity index is 2.14. The van der Waals surface area contributed by atoms with Gasteiger partial charge in [0, 0.05) is 0 Å². The highest BCUT2D eigenvalue weighted by Gasteiger charge is 2.38. The minimum absolute atomic E-state index is 0.0741. The summed E-state index contributed by atoms with van der Waals surface area (Å²) >= 11 is 0. The number of fused-ring (bicyclic) bond motifs is 1. The summed E-state index contributed by atoms with van der Waals surface area (Å²) in [6, 6.07) is 0. The van der Waals surface area contributed by atoms with Crippen molar-refractivity contribution in [3.05, 3.63) is 12.3 Å². The third-order valence-corrected chi connectivity index (χ3v) is 1.51. The molecule has 0 aromatic heterocycles. The van der Waals surface area contributed by atoms with Crippen LogP contribution in [-0.2, 0) is 14.3 Å². The molecule has 0 radical (unpaired) electrons. The fraction of sp³-hybridized carbons (Fsp3) is 0.500. The summed E-state index contributed by atoms with van der Waals surface area (Å²) in [5.41, 5.74) is 0. The van der Waals surface area contributed by atoms with Gasteiger partial charge in [0.05, 0.1) is 13.4 Å². The van der Waals surface area contributed by atoms with Gasteiger partial charge in [-0.15, -0.1) is 0 Å². The highest BCUT2D eigenvalue weighted by Crippen LogP contribution is 2.21. The average Bonchev–Trinajstić information content (AvgIpc) is 2.44. The maximum Gasteiger partial charge on any atom is 0.271 e. The third kappa shape index (κ3) is 0.586. The molecule has 4 heteroatoms. The Kier molecular flexibility index (Phi) is 1.06. The zero-order valence-corrected chi connectivity index (χ0v) is 5.48. The molecule has 0 fully saturated rings. The molecule has 2 aliphatic heterocycles. The van der Waals surface area contributed by atoms with E-state index in [1.807, 2.05) is 0 Å². The maximum atomic E-state index is 5.12. The first-order chi connectivity index (χ1) is 4.92. The maximum absolute atomic E-state index is 5.12. The molecule has 4 nitrogen and oxygen atoms in total. The summed E-state index contributed by atoms with van der Waals surface area (Å²) in [5, 5.41) is 3.66. The molecule has 0 bridgehead atoms. The Morgan fingerprint density at radius 1 is 1.70 bits per heavy atom. The molecular formula is C6H7NO3. The highest BCUT2D eigenvalue weighted by atomic mass is 16.7. The molecular weight excluding hydrogens is 134 g/mol. The lowest BCUT2D eigenvalue weighted by atomic mass is 10.2. The van der Waals surface area contributed by atoms with Crippen molar-refractivity contribution in [3.63, 3.8) is 0 Å². The Hall–Kier alpha value is -1.19. The van der Waals surface area contributed by atoms with E-state index in [1.165, 1.54) is 0 Å². The lowest BCUT2D eigenvalue weighted by Crippen LogP contribution is -2.26. The van der Waals surface area contributed by atoms with Crippen LogP contribution in [-0.4, -0.2) is 25.2 Å². The van der Waals surface area contributed by atoms with Crippen LogP contribution in [0, 0.1) is 0 Å². The van der Waals surface area contributed by atoms with Crippen LogP contribution in [0.25, 0.3) is 0 Å². The molecule has 2 heterocycles. The predicted molar refractivity (Wildman–Crippen MR) is 33.3 cm³/mol. The molecule has 2 atom stereocenters. The normalized spacial score (nSPS) is 34.3. The van der Waals surface area contributed by atoms with E-state index in [0.717, 1.165) is 0 Å². The number of hydrogen-bond acceptors (Lipinski definition) is 4. The van der Waals surface area contributed by atoms with Crippen LogP contribution in [0.15, 0.2) is 17.5 Å². The van der Waals surface area contributed by atoms with Gasteiger partial charge in [0.15, 0.2) is 6.10 Å². The Morgan fingerprint density at radius 3 is 3.40 bits per heavy atom. The van der Waals surface area contributed by atoms with Crippen LogP contribution < -0.4 is 0 Å². The first-order valence-electron chi connectivity index (χ1n) is 3.01. The molecule has 2 rings (SSSR count). The smallest absolute Gasteiger partial charge is 0.271 e. The van der Waals surface area contributed by atoms with Gasteiger partial charge in [0.1, 0.15) is 0 Å². The summed E-state index contributed by atoms with van der Waals surface area (Å²) in [5.74, 6) is 0.509. The lowest BCUT2D eigenvalue weighted by Gasteiger charge is -2.06. The number of nitrogens with zero attached hydrogens (tertiary/aromatic N) is 1. The summed E-state index contributed by atoms with van der Waals surface area (Å²) in [7, 11) is 1.55. The van der Waals surface area contributed by atoms with E-state index < -0.39 is 0 Å². The van der Waals surface area contributed by atoms with Crippen molar-refractivity contribution in [2.75, 3.05) is 7.11 Å². The van der Waals surface area contributed by atoms with Crippen molar-refractivity contribution in [1.29, 1.82) is 0 Å². The van der Waals surface area contributed by atoms with Gasteiger partial charge < -0.3 is 14.3 Å². The summed E-state index contributed by atoms with van der Waals surface area (Å²) in [6.45, 7) is 0. The van der Waals surface area contributed by atoms with Crippen molar-refractivity contribution < 1.29 is 14.3 Å². The zero-order chi connectivity index (χ0) is 6.97. The number of ether oxygens (including phenoxy) is 2. The van der Waals surface area contributed by atoms with E-state index in [2.05, 4.69) is 5.16 Å². The minimum Gasteiger partial charge on any atom is -0.484 e. The van der Waals surface area contributed by atoms with Crippen molar-refractivity contribution in [1.82, 2.24) is 0 Å². The van der Waals surface area contributed by atoms with Crippen molar-refractivity contribution in [3.8, 4) is 0 Å². The fourth-order valence-electron chi connectivity index (χ4n) is 0.993. The molecule has 0 aromatic rings. The average molecular weight is 141 g/mol. The van der Waals surface area contributed by atoms with Gasteiger partial charge in [0.25, 0.3) is 5.90 Å². The summed E-state index contributed by atoms with van der Waals surface area (Å²) in [4.78, 5) is 4.93. The van der Waals surface area contributed by atoms with Gasteiger partial charge in [-0.3, -0.25) is 0 Å². The lowest BCUT2D eigenvalue weighted by molar-refractivity contribution is 0.0665. The second-order valence-corrected chi connectivity index (χ2v) is 2.09. The first kappa shape index (κ1) is 5.58. The second-order valence-electron chi connectivity index (χ2n) is 2.09. The molecule has 0 aromatic carbocycles. The van der Waals surface area contributed by atoms with Crippen LogP contribution in [0.3, 0.4) is 0 Å². The molecule has 0 unspecified atom stereocenters. The molecule has 10 heavy (non-hydrogen) atoms. The molecule has 0 N–H and O–H groups in total. The molecule has 0 saturated carbocycles. The Morgan fingerprint density at radius 2 is 2.60 bits per heavy atom. The summed E-state index contributed by atoms with van der Waals surface area (Å²) < 4.78 is 10.0. The van der Waals surface area contributed by atoms with Gasteiger partial charge in [-0.05, 0) is 11.2 Å². The third-order valence-electron chi connectivity index (χ3n) is 1.51. The monoisotopic (exact) mass is 141 g/mol. The number of rotatable bonds is 0. The largest absolute Gasteiger partial charge is 0.484 e. The van der Waals surface area contributed by atoms with E-state index >= 15 is 0 Å². The van der Waals surface area contributed by atoms with Crippen LogP contribution in [0.4, 0.5) is 0 Å². The fourth-order valence-corrected chi connectivity index (χ4v) is 0.993. The van der Waals surface area contributed by atoms with Gasteiger partial charge >= 0.3 is 0 Å². The quantitative estimate of drug-likeness (QED) is 0.485. The van der Waals surface area contributed by atoms with E-state index in [1.54, 1.807) is 19.4 Å². The summed E-state index contributed by atoms with van der Waals surface area (Å²) in [6.07, 6.45) is 3.18. The predicted octanol–water partition coefficient (Wildman–Crippen LogP) is 0.258. The van der Waals surface area contributed by atoms with Crippen molar-refractivity contribution in [2.24, 2.45) is 5.16 Å². The Bertz CT molecular complexity index is 199. The first-order valence-corrected chi connectivity index (χ1v) is 3.01. The van der Waals surface area contributed by atoms with Gasteiger partial charge in [-0.1, -0.05) is 0 Å². The number of hydrogen-bond donors (Lipinski definition) is 0. The van der Waals surface area contributed by atoms with Crippen LogP contribution in [0.1, 0.15) is 0 Å². The van der Waals surface area contributed by atoms with Gasteiger partial charge in [-0.2, -0.15) is 0 Å². The number of oxime groups is 1. The molecule has 0 spiro atoms. The van der Waals surface area contributed by atoms with Gasteiger partial charge in [-0.25, -0.2) is 0 Å². The van der Waals surface area contributed by atoms with E-state index in [0.29, 0.717) is 5.90 Å². The van der Waals surface area contributed by atoms with Crippen molar-refractivity contribution >= 4 is 5.90 Å². The molecule has 0 amide bonds. The minimum atomic E-state index is -0.148. The van der Waals surface area contributed by atoms with E-state index in [4.69, 9.17) is 14.3 Å². The van der Waals surface area contributed by atoms with Crippen LogP contribution in [0.5, 0.6) is 0 Å². The van der Waals surface area contributed by atoms with E-state index in [9.17, 15) is 0 Å². The molecule has 0 aliphatic carbocycles. The van der Waals surface area contributed by atoms with Crippen LogP contribution in [0.2, 0.25) is 0 Å². The number of methoxy groups -OCH3 is 1. The van der Waals surface area contributed by atoms with E-state index in [-0.39, 0.29) is 12.2 Å². The molecule has 0 saturated heterocycles. The van der Waals surface area contributed by atoms with Gasteiger partial charge in [0.2, 0.25) is 6.10 Å². The standard InChI is InChI=1S/C6H7NO3/c1-8-6-5-4(10-7-6)2-3-9-5/h2-5H,1H3/t4-,5+/m0/s1. The molecule has 2 aliphatic rings. The highest BCUT2D eigenvalue weighted by molar-refractivity contribution is 5.83. The second kappa shape index (κ2) is 1.90.